The third kappa shape index (κ3) is 5.53. The molecular weight excluding hydrogens is 498 g/mol. The lowest BCUT2D eigenvalue weighted by Gasteiger charge is -2.32. The van der Waals surface area contributed by atoms with Crippen LogP contribution in [0.25, 0.3) is 0 Å². The smallest absolute Gasteiger partial charge is 0.309 e. The first-order valence-electron chi connectivity index (χ1n) is 11.9. The lowest BCUT2D eigenvalue weighted by Crippen LogP contribution is -2.43. The fourth-order valence-corrected chi connectivity index (χ4v) is 5.81. The highest BCUT2D eigenvalue weighted by molar-refractivity contribution is 7.98. The monoisotopic (exact) mass is 523 g/mol. The van der Waals surface area contributed by atoms with Crippen LogP contribution >= 0.6 is 23.4 Å². The minimum absolute atomic E-state index is 0.0101. The fourth-order valence-electron chi connectivity index (χ4n) is 4.38. The zero-order chi connectivity index (χ0) is 25.0. The van der Waals surface area contributed by atoms with Gasteiger partial charge in [0.2, 0.25) is 0 Å². The molecule has 36 heavy (non-hydrogen) atoms. The Morgan fingerprint density at radius 3 is 2.33 bits per heavy atom. The van der Waals surface area contributed by atoms with Crippen molar-refractivity contribution in [1.82, 2.24) is 5.32 Å². The van der Waals surface area contributed by atoms with Crippen molar-refractivity contribution >= 4 is 35.3 Å². The SMILES string of the molecule is O=C1CCC(=O)OC2(CNCCc3c2ccc(Cl)c3SCc2ccc(OCc3ccccc3)cc2)O1. The summed E-state index contributed by atoms with van der Waals surface area (Å²) in [7, 11) is 0. The third-order valence-electron chi connectivity index (χ3n) is 6.18. The van der Waals surface area contributed by atoms with Crippen molar-refractivity contribution in [3.05, 3.63) is 94.0 Å². The normalized spacial score (nSPS) is 16.9. The number of carbonyl (C=O) groups excluding carboxylic acids is 2. The summed E-state index contributed by atoms with van der Waals surface area (Å²) >= 11 is 8.26. The Balaban J connectivity index is 1.34. The molecule has 0 atom stereocenters. The molecule has 2 heterocycles. The topological polar surface area (TPSA) is 73.9 Å². The van der Waals surface area contributed by atoms with E-state index in [-0.39, 0.29) is 19.4 Å². The Morgan fingerprint density at radius 1 is 0.889 bits per heavy atom. The van der Waals surface area contributed by atoms with E-state index in [4.69, 9.17) is 25.8 Å². The molecule has 1 saturated heterocycles. The van der Waals surface area contributed by atoms with Gasteiger partial charge >= 0.3 is 11.9 Å². The molecule has 0 saturated carbocycles. The highest BCUT2D eigenvalue weighted by Crippen LogP contribution is 2.42. The molecule has 0 amide bonds. The lowest BCUT2D eigenvalue weighted by atomic mass is 9.98. The van der Waals surface area contributed by atoms with Gasteiger partial charge in [0.15, 0.2) is 0 Å². The van der Waals surface area contributed by atoms with Crippen LogP contribution in [0.4, 0.5) is 0 Å². The molecule has 2 aliphatic rings. The molecule has 2 aliphatic heterocycles. The van der Waals surface area contributed by atoms with Crippen LogP contribution in [0.1, 0.15) is 35.1 Å². The molecule has 1 fully saturated rings. The molecule has 0 bridgehead atoms. The van der Waals surface area contributed by atoms with Crippen LogP contribution in [0.2, 0.25) is 5.02 Å². The number of fused-ring (bicyclic) bond motifs is 2. The van der Waals surface area contributed by atoms with Gasteiger partial charge in [-0.1, -0.05) is 54.1 Å². The first-order valence-corrected chi connectivity index (χ1v) is 13.2. The molecule has 1 N–H and O–H groups in total. The number of ether oxygens (including phenoxy) is 3. The van der Waals surface area contributed by atoms with Crippen LogP contribution in [-0.2, 0) is 43.6 Å². The van der Waals surface area contributed by atoms with Crippen molar-refractivity contribution in [2.24, 2.45) is 0 Å². The van der Waals surface area contributed by atoms with Crippen LogP contribution in [-0.4, -0.2) is 25.0 Å². The number of hydrogen-bond donors (Lipinski definition) is 1. The number of hydrogen-bond acceptors (Lipinski definition) is 7. The summed E-state index contributed by atoms with van der Waals surface area (Å²) in [5.41, 5.74) is 3.85. The van der Waals surface area contributed by atoms with Gasteiger partial charge < -0.3 is 19.5 Å². The number of halogens is 1. The zero-order valence-corrected chi connectivity index (χ0v) is 21.2. The molecule has 8 heteroatoms. The van der Waals surface area contributed by atoms with Crippen LogP contribution in [0, 0.1) is 0 Å². The highest BCUT2D eigenvalue weighted by atomic mass is 35.5. The maximum absolute atomic E-state index is 12.3. The number of rotatable bonds is 6. The predicted octanol–water partition coefficient (Wildman–Crippen LogP) is 5.39. The first-order chi connectivity index (χ1) is 17.5. The van der Waals surface area contributed by atoms with Crippen LogP contribution in [0.15, 0.2) is 71.6 Å². The second-order valence-electron chi connectivity index (χ2n) is 8.74. The maximum Gasteiger partial charge on any atom is 0.309 e. The van der Waals surface area contributed by atoms with Crippen molar-refractivity contribution in [2.45, 2.75) is 42.3 Å². The Labute approximate surface area is 219 Å². The van der Waals surface area contributed by atoms with Crippen molar-refractivity contribution in [1.29, 1.82) is 0 Å². The average molecular weight is 524 g/mol. The van der Waals surface area contributed by atoms with Crippen LogP contribution in [0.3, 0.4) is 0 Å². The largest absolute Gasteiger partial charge is 0.489 e. The van der Waals surface area contributed by atoms with Gasteiger partial charge in [-0.2, -0.15) is 0 Å². The number of esters is 2. The second-order valence-corrected chi connectivity index (χ2v) is 10.1. The Morgan fingerprint density at radius 2 is 1.61 bits per heavy atom. The standard InChI is InChI=1S/C28H26ClNO5S/c29-24-11-10-23-22(14-15-30-18-28(23)34-25(31)12-13-26(32)35-28)27(24)36-17-20-6-8-21(9-7-20)33-16-19-4-2-1-3-5-19/h1-11,30H,12-18H2. The van der Waals surface area contributed by atoms with E-state index in [1.54, 1.807) is 23.9 Å². The molecule has 0 aliphatic carbocycles. The molecule has 0 radical (unpaired) electrons. The summed E-state index contributed by atoms with van der Waals surface area (Å²) in [5.74, 6) is -0.879. The summed E-state index contributed by atoms with van der Waals surface area (Å²) in [6, 6.07) is 21.7. The van der Waals surface area contributed by atoms with Gasteiger partial charge in [-0.3, -0.25) is 9.59 Å². The van der Waals surface area contributed by atoms with Crippen molar-refractivity contribution in [3.63, 3.8) is 0 Å². The maximum atomic E-state index is 12.3. The third-order valence-corrected chi connectivity index (χ3v) is 7.84. The number of nitrogens with one attached hydrogen (secondary N) is 1. The van der Waals surface area contributed by atoms with E-state index in [1.807, 2.05) is 54.6 Å². The van der Waals surface area contributed by atoms with Gasteiger partial charge in [-0.05, 0) is 53.9 Å². The van der Waals surface area contributed by atoms with Crippen molar-refractivity contribution < 1.29 is 23.8 Å². The van der Waals surface area contributed by atoms with E-state index in [9.17, 15) is 9.59 Å². The van der Waals surface area contributed by atoms with E-state index >= 15 is 0 Å². The predicted molar refractivity (Wildman–Crippen MR) is 138 cm³/mol. The minimum Gasteiger partial charge on any atom is -0.489 e. The molecule has 186 valence electrons. The van der Waals surface area contributed by atoms with Crippen LogP contribution in [0.5, 0.6) is 5.75 Å². The molecule has 5 rings (SSSR count). The van der Waals surface area contributed by atoms with Gasteiger partial charge in [0.1, 0.15) is 12.4 Å². The number of carbonyl (C=O) groups is 2. The van der Waals surface area contributed by atoms with Gasteiger partial charge in [0.05, 0.1) is 24.4 Å². The summed E-state index contributed by atoms with van der Waals surface area (Å²) in [6.07, 6.45) is 0.688. The van der Waals surface area contributed by atoms with E-state index in [2.05, 4.69) is 5.32 Å². The second kappa shape index (κ2) is 10.9. The molecule has 3 aromatic rings. The van der Waals surface area contributed by atoms with Crippen molar-refractivity contribution in [2.75, 3.05) is 13.1 Å². The van der Waals surface area contributed by atoms with Gasteiger partial charge in [-0.15, -0.1) is 11.8 Å². The minimum atomic E-state index is -1.48. The highest BCUT2D eigenvalue weighted by Gasteiger charge is 2.45. The van der Waals surface area contributed by atoms with E-state index in [0.717, 1.165) is 27.3 Å². The molecule has 0 aromatic heterocycles. The molecule has 0 unspecified atom stereocenters. The van der Waals surface area contributed by atoms with Gasteiger partial charge in [0, 0.05) is 16.2 Å². The van der Waals surface area contributed by atoms with Crippen LogP contribution < -0.4 is 10.1 Å². The molecule has 3 aromatic carbocycles. The van der Waals surface area contributed by atoms with Gasteiger partial charge in [-0.25, -0.2) is 0 Å². The fraction of sp³-hybridized carbons (Fsp3) is 0.286. The van der Waals surface area contributed by atoms with E-state index < -0.39 is 17.7 Å². The number of thioether (sulfide) groups is 1. The average Bonchev–Trinajstić information content (AvgIpc) is 3.15. The van der Waals surface area contributed by atoms with Crippen molar-refractivity contribution in [3.8, 4) is 5.75 Å². The summed E-state index contributed by atoms with van der Waals surface area (Å²) < 4.78 is 17.4. The lowest BCUT2D eigenvalue weighted by molar-refractivity contribution is -0.225. The Bertz CT molecular complexity index is 1230. The van der Waals surface area contributed by atoms with Gasteiger partial charge in [0.25, 0.3) is 5.79 Å². The van der Waals surface area contributed by atoms with E-state index in [1.165, 1.54) is 0 Å². The zero-order valence-electron chi connectivity index (χ0n) is 19.6. The van der Waals surface area contributed by atoms with E-state index in [0.29, 0.717) is 35.9 Å². The number of benzene rings is 3. The Hall–Kier alpha value is -3.00. The molecule has 1 spiro atoms. The summed E-state index contributed by atoms with van der Waals surface area (Å²) in [5, 5.41) is 3.87. The molecule has 6 nitrogen and oxygen atoms in total. The summed E-state index contributed by atoms with van der Waals surface area (Å²) in [4.78, 5) is 25.5. The summed E-state index contributed by atoms with van der Waals surface area (Å²) in [6.45, 7) is 1.37. The quantitative estimate of drug-likeness (QED) is 0.343. The first kappa shape index (κ1) is 24.7. The Kier molecular flexibility index (Phi) is 7.51. The molecular formula is C28H26ClNO5S.